The Balaban J connectivity index is 1.50. The summed E-state index contributed by atoms with van der Waals surface area (Å²) in [5, 5.41) is 1.22. The summed E-state index contributed by atoms with van der Waals surface area (Å²) < 4.78 is 0. The zero-order valence-corrected chi connectivity index (χ0v) is 12.6. The summed E-state index contributed by atoms with van der Waals surface area (Å²) in [5.74, 6) is 0. The Morgan fingerprint density at radius 1 is 0.824 bits per heavy atom. The van der Waals surface area contributed by atoms with Crippen molar-refractivity contribution >= 4 is 15.9 Å². The van der Waals surface area contributed by atoms with Crippen LogP contribution in [0.5, 0.6) is 0 Å². The van der Waals surface area contributed by atoms with Crippen molar-refractivity contribution < 1.29 is 0 Å². The molecule has 1 nitrogen and oxygen atoms in total. The first-order valence-corrected chi connectivity index (χ1v) is 8.67. The monoisotopic (exact) mass is 299 g/mol. The van der Waals surface area contributed by atoms with E-state index in [0.29, 0.717) is 5.41 Å². The highest BCUT2D eigenvalue weighted by Gasteiger charge is 2.44. The zero-order chi connectivity index (χ0) is 11.8. The number of nitrogens with zero attached hydrogens (tertiary/aromatic N) is 1. The molecule has 2 saturated carbocycles. The molecule has 0 atom stereocenters. The first kappa shape index (κ1) is 12.5. The molecular weight excluding hydrogens is 274 g/mol. The maximum atomic E-state index is 3.70. The molecule has 3 rings (SSSR count). The molecule has 2 aliphatic carbocycles. The summed E-state index contributed by atoms with van der Waals surface area (Å²) in [7, 11) is 0. The first-order valence-electron chi connectivity index (χ1n) is 7.54. The van der Waals surface area contributed by atoms with E-state index in [2.05, 4.69) is 20.8 Å². The number of halogens is 1. The molecule has 2 heteroatoms. The standard InChI is InChI=1S/C15H26BrN/c16-12-15(6-7-15)13-17-10-8-14(9-11-17)4-2-1-3-5-14/h1-13H2. The van der Waals surface area contributed by atoms with E-state index < -0.39 is 0 Å². The summed E-state index contributed by atoms with van der Waals surface area (Å²) in [6.07, 6.45) is 13.5. The van der Waals surface area contributed by atoms with Gasteiger partial charge < -0.3 is 4.90 Å². The third kappa shape index (κ3) is 2.73. The fraction of sp³-hybridized carbons (Fsp3) is 1.00. The quantitative estimate of drug-likeness (QED) is 0.706. The van der Waals surface area contributed by atoms with Crippen LogP contribution in [0.4, 0.5) is 0 Å². The minimum atomic E-state index is 0.678. The van der Waals surface area contributed by atoms with Gasteiger partial charge in [-0.2, -0.15) is 0 Å². The van der Waals surface area contributed by atoms with Crippen molar-refractivity contribution in [3.63, 3.8) is 0 Å². The number of alkyl halides is 1. The molecule has 0 amide bonds. The highest BCUT2D eigenvalue weighted by atomic mass is 79.9. The van der Waals surface area contributed by atoms with Crippen LogP contribution in [0.1, 0.15) is 57.8 Å². The Morgan fingerprint density at radius 2 is 1.47 bits per heavy atom. The molecule has 1 aliphatic heterocycles. The lowest BCUT2D eigenvalue weighted by Crippen LogP contribution is -2.43. The predicted octanol–water partition coefficient (Wildman–Crippen LogP) is 4.21. The van der Waals surface area contributed by atoms with Gasteiger partial charge in [-0.15, -0.1) is 0 Å². The average molecular weight is 300 g/mol. The maximum Gasteiger partial charge on any atom is 0.0100 e. The van der Waals surface area contributed by atoms with Crippen LogP contribution in [0.2, 0.25) is 0 Å². The van der Waals surface area contributed by atoms with E-state index in [1.54, 1.807) is 0 Å². The second-order valence-corrected chi connectivity index (χ2v) is 7.53. The summed E-state index contributed by atoms with van der Waals surface area (Å²) in [6, 6.07) is 0. The van der Waals surface area contributed by atoms with Crippen molar-refractivity contribution in [2.24, 2.45) is 10.8 Å². The fourth-order valence-electron chi connectivity index (χ4n) is 3.97. The number of hydrogen-bond acceptors (Lipinski definition) is 1. The van der Waals surface area contributed by atoms with E-state index >= 15 is 0 Å². The van der Waals surface area contributed by atoms with Gasteiger partial charge in [-0.25, -0.2) is 0 Å². The molecular formula is C15H26BrN. The first-order chi connectivity index (χ1) is 8.26. The van der Waals surface area contributed by atoms with Crippen LogP contribution in [-0.4, -0.2) is 29.9 Å². The van der Waals surface area contributed by atoms with Crippen molar-refractivity contribution in [1.82, 2.24) is 4.90 Å². The molecule has 0 aromatic rings. The molecule has 3 fully saturated rings. The van der Waals surface area contributed by atoms with Crippen LogP contribution in [0.15, 0.2) is 0 Å². The third-order valence-corrected chi connectivity index (χ3v) is 6.82. The van der Waals surface area contributed by atoms with Crippen LogP contribution in [0, 0.1) is 10.8 Å². The summed E-state index contributed by atoms with van der Waals surface area (Å²) >= 11 is 3.70. The second-order valence-electron chi connectivity index (χ2n) is 6.97. The van der Waals surface area contributed by atoms with E-state index in [1.807, 2.05) is 0 Å². The number of rotatable bonds is 3. The largest absolute Gasteiger partial charge is 0.303 e. The number of hydrogen-bond donors (Lipinski definition) is 0. The highest BCUT2D eigenvalue weighted by molar-refractivity contribution is 9.09. The zero-order valence-electron chi connectivity index (χ0n) is 11.0. The van der Waals surface area contributed by atoms with Gasteiger partial charge in [-0.05, 0) is 62.4 Å². The molecule has 0 N–H and O–H groups in total. The average Bonchev–Trinajstić information content (AvgIpc) is 3.14. The van der Waals surface area contributed by atoms with Gasteiger partial charge in [0.15, 0.2) is 0 Å². The highest BCUT2D eigenvalue weighted by Crippen LogP contribution is 2.49. The Bertz CT molecular complexity index is 256. The van der Waals surface area contributed by atoms with E-state index in [9.17, 15) is 0 Å². The number of likely N-dealkylation sites (tertiary alicyclic amines) is 1. The lowest BCUT2D eigenvalue weighted by molar-refractivity contribution is 0.0593. The maximum absolute atomic E-state index is 3.70. The van der Waals surface area contributed by atoms with E-state index in [0.717, 1.165) is 5.41 Å². The Kier molecular flexibility index (Phi) is 3.56. The Morgan fingerprint density at radius 3 is 2.00 bits per heavy atom. The van der Waals surface area contributed by atoms with Gasteiger partial charge in [-0.3, -0.25) is 0 Å². The molecule has 0 aromatic heterocycles. The van der Waals surface area contributed by atoms with Gasteiger partial charge in [-0.1, -0.05) is 35.2 Å². The van der Waals surface area contributed by atoms with E-state index in [1.165, 1.54) is 82.8 Å². The van der Waals surface area contributed by atoms with E-state index in [-0.39, 0.29) is 0 Å². The van der Waals surface area contributed by atoms with Gasteiger partial charge in [0.05, 0.1) is 0 Å². The molecule has 3 aliphatic rings. The van der Waals surface area contributed by atoms with Gasteiger partial charge in [0.25, 0.3) is 0 Å². The van der Waals surface area contributed by atoms with E-state index in [4.69, 9.17) is 0 Å². The molecule has 98 valence electrons. The van der Waals surface area contributed by atoms with Crippen molar-refractivity contribution in [2.75, 3.05) is 25.0 Å². The van der Waals surface area contributed by atoms with Gasteiger partial charge in [0.2, 0.25) is 0 Å². The second kappa shape index (κ2) is 4.85. The smallest absolute Gasteiger partial charge is 0.0100 e. The molecule has 17 heavy (non-hydrogen) atoms. The van der Waals surface area contributed by atoms with Crippen LogP contribution < -0.4 is 0 Å². The molecule has 1 spiro atoms. The minimum Gasteiger partial charge on any atom is -0.303 e. The van der Waals surface area contributed by atoms with Gasteiger partial charge >= 0.3 is 0 Å². The predicted molar refractivity (Wildman–Crippen MR) is 76.7 cm³/mol. The molecule has 0 bridgehead atoms. The molecule has 0 radical (unpaired) electrons. The Labute approximate surface area is 114 Å². The molecule has 0 aromatic carbocycles. The number of piperidine rings is 1. The topological polar surface area (TPSA) is 3.24 Å². The van der Waals surface area contributed by atoms with Crippen molar-refractivity contribution in [1.29, 1.82) is 0 Å². The SMILES string of the molecule is BrCC1(CN2CCC3(CCCCC3)CC2)CC1. The molecule has 1 saturated heterocycles. The summed E-state index contributed by atoms with van der Waals surface area (Å²) in [4.78, 5) is 2.76. The summed E-state index contributed by atoms with van der Waals surface area (Å²) in [6.45, 7) is 4.14. The molecule has 1 heterocycles. The van der Waals surface area contributed by atoms with Crippen LogP contribution >= 0.6 is 15.9 Å². The Hall–Kier alpha value is 0.440. The minimum absolute atomic E-state index is 0.678. The van der Waals surface area contributed by atoms with Crippen molar-refractivity contribution in [2.45, 2.75) is 57.8 Å². The lowest BCUT2D eigenvalue weighted by atomic mass is 9.68. The normalized spacial score (nSPS) is 31.6. The van der Waals surface area contributed by atoms with Crippen molar-refractivity contribution in [3.05, 3.63) is 0 Å². The van der Waals surface area contributed by atoms with Crippen LogP contribution in [0.3, 0.4) is 0 Å². The van der Waals surface area contributed by atoms with Crippen LogP contribution in [0.25, 0.3) is 0 Å². The lowest BCUT2D eigenvalue weighted by Gasteiger charge is -2.45. The molecule has 0 unspecified atom stereocenters. The van der Waals surface area contributed by atoms with Crippen LogP contribution in [-0.2, 0) is 0 Å². The third-order valence-electron chi connectivity index (χ3n) is 5.63. The van der Waals surface area contributed by atoms with Gasteiger partial charge in [0.1, 0.15) is 0 Å². The fourth-order valence-corrected chi connectivity index (χ4v) is 4.71. The van der Waals surface area contributed by atoms with Gasteiger partial charge in [0, 0.05) is 11.9 Å². The summed E-state index contributed by atoms with van der Waals surface area (Å²) in [5.41, 5.74) is 1.46. The van der Waals surface area contributed by atoms with Crippen molar-refractivity contribution in [3.8, 4) is 0 Å².